The highest BCUT2D eigenvalue weighted by Gasteiger charge is 2.18. The number of nitrogens with one attached hydrogen (secondary N) is 1. The largest absolute Gasteiger partial charge is 0.373 e. The van der Waals surface area contributed by atoms with Crippen LogP contribution in [0.25, 0.3) is 0 Å². The molecule has 1 aromatic carbocycles. The third kappa shape index (κ3) is 3.46. The third-order valence-electron chi connectivity index (χ3n) is 3.54. The van der Waals surface area contributed by atoms with Gasteiger partial charge in [-0.25, -0.2) is 0 Å². The van der Waals surface area contributed by atoms with Gasteiger partial charge >= 0.3 is 0 Å². The lowest BCUT2D eigenvalue weighted by atomic mass is 10.1. The molecule has 0 spiro atoms. The molecule has 2 rings (SSSR count). The maximum Gasteiger partial charge on any atom is 0.0405 e. The van der Waals surface area contributed by atoms with Crippen molar-refractivity contribution >= 4 is 21.6 Å². The average molecular weight is 312 g/mol. The molecule has 0 bridgehead atoms. The fourth-order valence-corrected chi connectivity index (χ4v) is 2.89. The average Bonchev–Trinajstić information content (AvgIpc) is 2.32. The van der Waals surface area contributed by atoms with Gasteiger partial charge in [0.25, 0.3) is 0 Å². The molecule has 1 fully saturated rings. The molecular formula is C14H22BrN3. The highest BCUT2D eigenvalue weighted by molar-refractivity contribution is 9.10. The number of hydrogen-bond donors (Lipinski definition) is 1. The zero-order chi connectivity index (χ0) is 13.1. The van der Waals surface area contributed by atoms with Crippen molar-refractivity contribution in [3.05, 3.63) is 28.2 Å². The van der Waals surface area contributed by atoms with Crippen LogP contribution >= 0.6 is 15.9 Å². The summed E-state index contributed by atoms with van der Waals surface area (Å²) in [5, 5.41) is 3.59. The number of piperazine rings is 1. The van der Waals surface area contributed by atoms with E-state index in [1.165, 1.54) is 11.3 Å². The first-order valence-electron chi connectivity index (χ1n) is 6.45. The SMILES string of the molecule is Cc1ccc(Br)cc1N(C)CC1CN(C)CCN1. The summed E-state index contributed by atoms with van der Waals surface area (Å²) >= 11 is 3.55. The van der Waals surface area contributed by atoms with E-state index in [4.69, 9.17) is 0 Å². The number of aryl methyl sites for hydroxylation is 1. The van der Waals surface area contributed by atoms with Crippen molar-refractivity contribution in [2.24, 2.45) is 0 Å². The van der Waals surface area contributed by atoms with E-state index in [1.807, 2.05) is 0 Å². The molecule has 100 valence electrons. The van der Waals surface area contributed by atoms with Gasteiger partial charge in [-0.15, -0.1) is 0 Å². The van der Waals surface area contributed by atoms with Crippen molar-refractivity contribution in [1.29, 1.82) is 0 Å². The summed E-state index contributed by atoms with van der Waals surface area (Å²) in [7, 11) is 4.36. The van der Waals surface area contributed by atoms with Crippen LogP contribution in [0.5, 0.6) is 0 Å². The number of likely N-dealkylation sites (N-methyl/N-ethyl adjacent to an activating group) is 2. The van der Waals surface area contributed by atoms with Crippen LogP contribution in [0.2, 0.25) is 0 Å². The molecule has 1 atom stereocenters. The molecule has 1 saturated heterocycles. The second-order valence-corrected chi connectivity index (χ2v) is 6.14. The molecule has 1 unspecified atom stereocenters. The second-order valence-electron chi connectivity index (χ2n) is 5.22. The van der Waals surface area contributed by atoms with Crippen LogP contribution in [0.3, 0.4) is 0 Å². The highest BCUT2D eigenvalue weighted by Crippen LogP contribution is 2.23. The lowest BCUT2D eigenvalue weighted by molar-refractivity contribution is 0.241. The van der Waals surface area contributed by atoms with Crippen molar-refractivity contribution in [2.45, 2.75) is 13.0 Å². The molecule has 4 heteroatoms. The number of nitrogens with zero attached hydrogens (tertiary/aromatic N) is 2. The lowest BCUT2D eigenvalue weighted by Crippen LogP contribution is -2.53. The zero-order valence-electron chi connectivity index (χ0n) is 11.4. The highest BCUT2D eigenvalue weighted by atomic mass is 79.9. The van der Waals surface area contributed by atoms with Gasteiger partial charge in [-0.05, 0) is 31.7 Å². The van der Waals surface area contributed by atoms with Gasteiger partial charge in [0.2, 0.25) is 0 Å². The van der Waals surface area contributed by atoms with Gasteiger partial charge < -0.3 is 15.1 Å². The topological polar surface area (TPSA) is 18.5 Å². The van der Waals surface area contributed by atoms with Gasteiger partial charge in [0.1, 0.15) is 0 Å². The molecule has 1 aliphatic rings. The number of anilines is 1. The van der Waals surface area contributed by atoms with E-state index in [1.54, 1.807) is 0 Å². The minimum Gasteiger partial charge on any atom is -0.373 e. The van der Waals surface area contributed by atoms with Crippen LogP contribution < -0.4 is 10.2 Å². The van der Waals surface area contributed by atoms with Crippen LogP contribution in [0, 0.1) is 6.92 Å². The van der Waals surface area contributed by atoms with E-state index in [0.717, 1.165) is 30.7 Å². The van der Waals surface area contributed by atoms with Crippen LogP contribution in [-0.4, -0.2) is 51.2 Å². The third-order valence-corrected chi connectivity index (χ3v) is 4.03. The summed E-state index contributed by atoms with van der Waals surface area (Å²) in [5.41, 5.74) is 2.63. The Hall–Kier alpha value is -0.580. The van der Waals surface area contributed by atoms with Crippen molar-refractivity contribution in [3.63, 3.8) is 0 Å². The van der Waals surface area contributed by atoms with Gasteiger partial charge in [0, 0.05) is 49.4 Å². The van der Waals surface area contributed by atoms with Gasteiger partial charge in [-0.3, -0.25) is 0 Å². The summed E-state index contributed by atoms with van der Waals surface area (Å²) in [6.45, 7) is 6.57. The molecule has 1 heterocycles. The Balaban J connectivity index is 2.02. The van der Waals surface area contributed by atoms with E-state index in [0.29, 0.717) is 6.04 Å². The first-order chi connectivity index (χ1) is 8.56. The van der Waals surface area contributed by atoms with Crippen molar-refractivity contribution < 1.29 is 0 Å². The Kier molecular flexibility index (Phi) is 4.65. The molecule has 0 amide bonds. The monoisotopic (exact) mass is 311 g/mol. The molecule has 0 aliphatic carbocycles. The van der Waals surface area contributed by atoms with E-state index >= 15 is 0 Å². The quantitative estimate of drug-likeness (QED) is 0.922. The first kappa shape index (κ1) is 13.8. The smallest absolute Gasteiger partial charge is 0.0405 e. The van der Waals surface area contributed by atoms with Crippen LogP contribution in [0.15, 0.2) is 22.7 Å². The van der Waals surface area contributed by atoms with Gasteiger partial charge in [-0.1, -0.05) is 22.0 Å². The second kappa shape index (κ2) is 6.04. The Morgan fingerprint density at radius 1 is 1.50 bits per heavy atom. The van der Waals surface area contributed by atoms with Gasteiger partial charge in [0.05, 0.1) is 0 Å². The number of benzene rings is 1. The molecule has 0 saturated carbocycles. The minimum absolute atomic E-state index is 0.548. The van der Waals surface area contributed by atoms with Crippen LogP contribution in [-0.2, 0) is 0 Å². The standard InChI is InChI=1S/C14H22BrN3/c1-11-4-5-12(15)8-14(11)18(3)10-13-9-17(2)7-6-16-13/h4-5,8,13,16H,6-7,9-10H2,1-3H3. The summed E-state index contributed by atoms with van der Waals surface area (Å²) in [4.78, 5) is 4.74. The molecule has 1 aliphatic heterocycles. The molecule has 18 heavy (non-hydrogen) atoms. The Morgan fingerprint density at radius 3 is 3.00 bits per heavy atom. The molecular weight excluding hydrogens is 290 g/mol. The fourth-order valence-electron chi connectivity index (χ4n) is 2.54. The molecule has 3 nitrogen and oxygen atoms in total. The fraction of sp³-hybridized carbons (Fsp3) is 0.571. The Bertz CT molecular complexity index is 408. The number of halogens is 1. The van der Waals surface area contributed by atoms with E-state index < -0.39 is 0 Å². The van der Waals surface area contributed by atoms with Gasteiger partial charge in [-0.2, -0.15) is 0 Å². The normalized spacial score (nSPS) is 21.0. The van der Waals surface area contributed by atoms with Crippen molar-refractivity contribution in [3.8, 4) is 0 Å². The summed E-state index contributed by atoms with van der Waals surface area (Å²) in [6.07, 6.45) is 0. The van der Waals surface area contributed by atoms with E-state index in [2.05, 4.69) is 70.3 Å². The lowest BCUT2D eigenvalue weighted by Gasteiger charge is -2.34. The van der Waals surface area contributed by atoms with Crippen molar-refractivity contribution in [2.75, 3.05) is 45.2 Å². The Labute approximate surface area is 118 Å². The molecule has 1 aromatic rings. The summed E-state index contributed by atoms with van der Waals surface area (Å²) in [6, 6.07) is 7.00. The minimum atomic E-state index is 0.548. The molecule has 0 radical (unpaired) electrons. The number of hydrogen-bond acceptors (Lipinski definition) is 3. The zero-order valence-corrected chi connectivity index (χ0v) is 13.0. The first-order valence-corrected chi connectivity index (χ1v) is 7.25. The molecule has 0 aromatic heterocycles. The van der Waals surface area contributed by atoms with E-state index in [9.17, 15) is 0 Å². The number of rotatable bonds is 3. The predicted octanol–water partition coefficient (Wildman–Crippen LogP) is 2.10. The van der Waals surface area contributed by atoms with Crippen LogP contribution in [0.1, 0.15) is 5.56 Å². The summed E-state index contributed by atoms with van der Waals surface area (Å²) < 4.78 is 1.14. The van der Waals surface area contributed by atoms with Gasteiger partial charge in [0.15, 0.2) is 0 Å². The summed E-state index contributed by atoms with van der Waals surface area (Å²) in [5.74, 6) is 0. The van der Waals surface area contributed by atoms with E-state index in [-0.39, 0.29) is 0 Å². The van der Waals surface area contributed by atoms with Crippen molar-refractivity contribution in [1.82, 2.24) is 10.2 Å². The maximum absolute atomic E-state index is 3.59. The van der Waals surface area contributed by atoms with Crippen LogP contribution in [0.4, 0.5) is 5.69 Å². The maximum atomic E-state index is 3.59. The Morgan fingerprint density at radius 2 is 2.28 bits per heavy atom. The molecule has 1 N–H and O–H groups in total. The predicted molar refractivity (Wildman–Crippen MR) is 81.4 cm³/mol.